The first-order valence-electron chi connectivity index (χ1n) is 7.78. The molecule has 0 fully saturated rings. The first-order valence-corrected chi connectivity index (χ1v) is 7.78. The molecule has 6 nitrogen and oxygen atoms in total. The van der Waals surface area contributed by atoms with Crippen molar-refractivity contribution in [2.75, 3.05) is 10.6 Å². The van der Waals surface area contributed by atoms with Gasteiger partial charge in [0.25, 0.3) is 11.8 Å². The van der Waals surface area contributed by atoms with Gasteiger partial charge in [0, 0.05) is 6.07 Å². The van der Waals surface area contributed by atoms with E-state index in [4.69, 9.17) is 4.84 Å². The van der Waals surface area contributed by atoms with E-state index in [1.54, 1.807) is 13.0 Å². The Morgan fingerprint density at radius 2 is 1.67 bits per heavy atom. The average Bonchev–Trinajstić information content (AvgIpc) is 2.59. The molecule has 1 atom stereocenters. The van der Waals surface area contributed by atoms with Crippen LogP contribution in [0.5, 0.6) is 0 Å². The van der Waals surface area contributed by atoms with Crippen LogP contribution in [0.3, 0.4) is 0 Å². The molecule has 2 rings (SSSR count). The molecule has 2 amide bonds. The molecule has 1 unspecified atom stereocenters. The third-order valence-electron chi connectivity index (χ3n) is 3.33. The lowest BCUT2D eigenvalue weighted by Crippen LogP contribution is -2.27. The molecular formula is C18H16F3N3O3. The van der Waals surface area contributed by atoms with Crippen LogP contribution in [0.1, 0.15) is 12.5 Å². The number of nitrogens with zero attached hydrogens (tertiary/aromatic N) is 1. The van der Waals surface area contributed by atoms with Gasteiger partial charge in [-0.2, -0.15) is 0 Å². The Morgan fingerprint density at radius 3 is 2.33 bits per heavy atom. The van der Waals surface area contributed by atoms with Gasteiger partial charge in [-0.1, -0.05) is 11.2 Å². The molecule has 0 bridgehead atoms. The maximum absolute atomic E-state index is 13.7. The maximum atomic E-state index is 13.7. The maximum Gasteiger partial charge on any atom is 0.270 e. The first kappa shape index (κ1) is 20.0. The second kappa shape index (κ2) is 8.84. The third kappa shape index (κ3) is 5.84. The van der Waals surface area contributed by atoms with Crippen LogP contribution < -0.4 is 10.6 Å². The molecule has 0 radical (unpaired) electrons. The molecule has 0 aromatic heterocycles. The number of amides is 2. The molecule has 0 saturated carbocycles. The Balaban J connectivity index is 1.86. The first-order chi connectivity index (χ1) is 12.8. The number of carbonyl (C=O) groups is 2. The van der Waals surface area contributed by atoms with Crippen molar-refractivity contribution in [2.24, 2.45) is 5.16 Å². The molecule has 0 spiro atoms. The molecule has 2 aromatic carbocycles. The summed E-state index contributed by atoms with van der Waals surface area (Å²) >= 11 is 0. The monoisotopic (exact) mass is 379 g/mol. The predicted molar refractivity (Wildman–Crippen MR) is 93.8 cm³/mol. The summed E-state index contributed by atoms with van der Waals surface area (Å²) in [7, 11) is 0. The fraction of sp³-hybridized carbons (Fsp3) is 0.167. The molecule has 0 aliphatic carbocycles. The minimum Gasteiger partial charge on any atom is -0.383 e. The van der Waals surface area contributed by atoms with E-state index in [2.05, 4.69) is 15.8 Å². The molecule has 0 aliphatic rings. The lowest BCUT2D eigenvalue weighted by molar-refractivity contribution is -0.126. The Morgan fingerprint density at radius 1 is 1.04 bits per heavy atom. The van der Waals surface area contributed by atoms with Crippen LogP contribution in [0.4, 0.5) is 24.5 Å². The van der Waals surface area contributed by atoms with Gasteiger partial charge < -0.3 is 15.5 Å². The quantitative estimate of drug-likeness (QED) is 0.597. The highest BCUT2D eigenvalue weighted by atomic mass is 19.1. The zero-order valence-electron chi connectivity index (χ0n) is 14.4. The van der Waals surface area contributed by atoms with Crippen molar-refractivity contribution < 1.29 is 27.6 Å². The summed E-state index contributed by atoms with van der Waals surface area (Å²) in [6.45, 7) is 3.05. The number of rotatable bonds is 6. The molecule has 0 heterocycles. The number of halogens is 3. The third-order valence-corrected chi connectivity index (χ3v) is 3.33. The van der Waals surface area contributed by atoms with Crippen LogP contribution in [-0.4, -0.2) is 24.1 Å². The van der Waals surface area contributed by atoms with Crippen LogP contribution in [-0.2, 0) is 14.4 Å². The SMILES string of the molecule is Cc1ccc(NC(=O)C(C)ON=CC(=O)Nc2ccc(F)cc2F)c(F)c1. The van der Waals surface area contributed by atoms with Gasteiger partial charge in [0.2, 0.25) is 6.10 Å². The van der Waals surface area contributed by atoms with E-state index in [0.717, 1.165) is 12.1 Å². The van der Waals surface area contributed by atoms with Crippen molar-refractivity contribution >= 4 is 29.4 Å². The number of aryl methyl sites for hydroxylation is 1. The molecule has 0 saturated heterocycles. The summed E-state index contributed by atoms with van der Waals surface area (Å²) in [5, 5.41) is 7.79. The van der Waals surface area contributed by atoms with E-state index in [-0.39, 0.29) is 11.4 Å². The highest BCUT2D eigenvalue weighted by Crippen LogP contribution is 2.16. The van der Waals surface area contributed by atoms with Crippen molar-refractivity contribution in [1.29, 1.82) is 0 Å². The van der Waals surface area contributed by atoms with E-state index in [9.17, 15) is 22.8 Å². The van der Waals surface area contributed by atoms with Crippen LogP contribution in [0.25, 0.3) is 0 Å². The van der Waals surface area contributed by atoms with Crippen molar-refractivity contribution in [1.82, 2.24) is 0 Å². The molecule has 142 valence electrons. The van der Waals surface area contributed by atoms with Gasteiger partial charge in [0.15, 0.2) is 0 Å². The Bertz CT molecular complexity index is 887. The second-order valence-corrected chi connectivity index (χ2v) is 5.57. The van der Waals surface area contributed by atoms with Crippen molar-refractivity contribution in [3.63, 3.8) is 0 Å². The number of anilines is 2. The summed E-state index contributed by atoms with van der Waals surface area (Å²) in [6, 6.07) is 6.93. The van der Waals surface area contributed by atoms with Crippen LogP contribution in [0.2, 0.25) is 0 Å². The lowest BCUT2D eigenvalue weighted by atomic mass is 10.2. The summed E-state index contributed by atoms with van der Waals surface area (Å²) in [4.78, 5) is 28.4. The minimum absolute atomic E-state index is 0.0189. The summed E-state index contributed by atoms with van der Waals surface area (Å²) in [5.41, 5.74) is 0.436. The van der Waals surface area contributed by atoms with Gasteiger partial charge >= 0.3 is 0 Å². The van der Waals surface area contributed by atoms with Crippen LogP contribution in [0, 0.1) is 24.4 Å². The zero-order chi connectivity index (χ0) is 20.0. The number of oxime groups is 1. The van der Waals surface area contributed by atoms with E-state index in [1.807, 2.05) is 0 Å². The predicted octanol–water partition coefficient (Wildman–Crippen LogP) is 3.38. The highest BCUT2D eigenvalue weighted by molar-refractivity contribution is 6.31. The summed E-state index contributed by atoms with van der Waals surface area (Å²) in [6.07, 6.45) is -0.448. The van der Waals surface area contributed by atoms with Gasteiger partial charge in [-0.05, 0) is 43.7 Å². The fourth-order valence-electron chi connectivity index (χ4n) is 1.93. The van der Waals surface area contributed by atoms with Gasteiger partial charge in [0.1, 0.15) is 23.7 Å². The molecule has 2 N–H and O–H groups in total. The summed E-state index contributed by atoms with van der Waals surface area (Å²) in [5.74, 6) is -3.87. The molecule has 27 heavy (non-hydrogen) atoms. The standard InChI is InChI=1S/C18H16F3N3O3/c1-10-3-5-16(13(20)7-10)24-18(26)11(2)27-22-9-17(25)23-15-6-4-12(19)8-14(15)21/h3-9,11H,1-2H3,(H,23,25)(H,24,26). The lowest BCUT2D eigenvalue weighted by Gasteiger charge is -2.11. The summed E-state index contributed by atoms with van der Waals surface area (Å²) < 4.78 is 39.9. The van der Waals surface area contributed by atoms with Crippen LogP contribution in [0.15, 0.2) is 41.6 Å². The minimum atomic E-state index is -1.13. The second-order valence-electron chi connectivity index (χ2n) is 5.57. The topological polar surface area (TPSA) is 79.8 Å². The highest BCUT2D eigenvalue weighted by Gasteiger charge is 2.16. The molecule has 2 aromatic rings. The average molecular weight is 379 g/mol. The largest absolute Gasteiger partial charge is 0.383 e. The Labute approximate surface area is 153 Å². The Hall–Kier alpha value is -3.36. The van der Waals surface area contributed by atoms with Crippen molar-refractivity contribution in [2.45, 2.75) is 20.0 Å². The smallest absolute Gasteiger partial charge is 0.270 e. The van der Waals surface area contributed by atoms with E-state index >= 15 is 0 Å². The number of benzene rings is 2. The van der Waals surface area contributed by atoms with E-state index in [1.165, 1.54) is 19.1 Å². The van der Waals surface area contributed by atoms with Gasteiger partial charge in [-0.25, -0.2) is 13.2 Å². The fourth-order valence-corrected chi connectivity index (χ4v) is 1.93. The molecule has 0 aliphatic heterocycles. The van der Waals surface area contributed by atoms with Crippen molar-refractivity contribution in [3.8, 4) is 0 Å². The number of nitrogens with one attached hydrogen (secondary N) is 2. The molecule has 9 heteroatoms. The normalized spacial score (nSPS) is 11.9. The van der Waals surface area contributed by atoms with E-state index in [0.29, 0.717) is 17.8 Å². The Kier molecular flexibility index (Phi) is 6.53. The number of hydrogen-bond acceptors (Lipinski definition) is 4. The number of carbonyl (C=O) groups excluding carboxylic acids is 2. The van der Waals surface area contributed by atoms with Crippen LogP contribution >= 0.6 is 0 Å². The van der Waals surface area contributed by atoms with E-state index < -0.39 is 35.4 Å². The van der Waals surface area contributed by atoms with Gasteiger partial charge in [0.05, 0.1) is 11.4 Å². The number of hydrogen-bond donors (Lipinski definition) is 2. The zero-order valence-corrected chi connectivity index (χ0v) is 14.4. The molecular weight excluding hydrogens is 363 g/mol. The van der Waals surface area contributed by atoms with Gasteiger partial charge in [-0.15, -0.1) is 0 Å². The van der Waals surface area contributed by atoms with Crippen molar-refractivity contribution in [3.05, 3.63) is 59.4 Å². The van der Waals surface area contributed by atoms with Gasteiger partial charge in [-0.3, -0.25) is 9.59 Å².